The zero-order valence-corrected chi connectivity index (χ0v) is 18.7. The quantitative estimate of drug-likeness (QED) is 0.598. The van der Waals surface area contributed by atoms with Crippen molar-refractivity contribution in [1.82, 2.24) is 0 Å². The summed E-state index contributed by atoms with van der Waals surface area (Å²) in [4.78, 5) is 32.4. The molecule has 4 rings (SSSR count). The molecule has 0 bridgehead atoms. The van der Waals surface area contributed by atoms with Crippen LogP contribution in [0.1, 0.15) is 35.6 Å². The van der Waals surface area contributed by atoms with Crippen LogP contribution in [0.15, 0.2) is 71.7 Å². The number of aryl methyl sites for hydroxylation is 3. The average Bonchev–Trinajstić information content (AvgIpc) is 2.90. The fourth-order valence-electron chi connectivity index (χ4n) is 4.01. The number of para-hydroxylation sites is 2. The lowest BCUT2D eigenvalue weighted by Gasteiger charge is -2.22. The summed E-state index contributed by atoms with van der Waals surface area (Å²) in [7, 11) is 0. The van der Waals surface area contributed by atoms with Crippen LogP contribution in [0.3, 0.4) is 0 Å². The van der Waals surface area contributed by atoms with Crippen LogP contribution in [-0.4, -0.2) is 24.1 Å². The summed E-state index contributed by atoms with van der Waals surface area (Å²) < 4.78 is 0. The van der Waals surface area contributed by atoms with Gasteiger partial charge in [0.05, 0.1) is 23.5 Å². The lowest BCUT2D eigenvalue weighted by Crippen LogP contribution is -2.38. The van der Waals surface area contributed by atoms with Gasteiger partial charge in [0.25, 0.3) is 0 Å². The summed E-state index contributed by atoms with van der Waals surface area (Å²) in [5, 5.41) is 2.93. The minimum absolute atomic E-state index is 0.0690. The van der Waals surface area contributed by atoms with Crippen LogP contribution >= 0.6 is 0 Å². The van der Waals surface area contributed by atoms with E-state index in [1.165, 1.54) is 10.5 Å². The van der Waals surface area contributed by atoms with Gasteiger partial charge in [-0.25, -0.2) is 0 Å². The van der Waals surface area contributed by atoms with Crippen molar-refractivity contribution < 1.29 is 9.59 Å². The fraction of sp³-hybridized carbons (Fsp3) is 0.222. The van der Waals surface area contributed by atoms with Gasteiger partial charge in [0.15, 0.2) is 0 Å². The zero-order valence-electron chi connectivity index (χ0n) is 18.7. The number of fused-ring (bicyclic) bond motifs is 1. The maximum Gasteiger partial charge on any atom is 0.244 e. The van der Waals surface area contributed by atoms with Crippen LogP contribution in [0.4, 0.5) is 17.1 Å². The van der Waals surface area contributed by atoms with Crippen LogP contribution in [0.2, 0.25) is 0 Å². The number of benzene rings is 3. The molecule has 0 spiro atoms. The van der Waals surface area contributed by atoms with Gasteiger partial charge < -0.3 is 10.2 Å². The molecule has 2 amide bonds. The molecule has 1 aliphatic heterocycles. The average molecular weight is 426 g/mol. The first-order valence-corrected chi connectivity index (χ1v) is 10.9. The van der Waals surface area contributed by atoms with Crippen molar-refractivity contribution in [2.75, 3.05) is 16.8 Å². The maximum absolute atomic E-state index is 13.2. The van der Waals surface area contributed by atoms with E-state index < -0.39 is 0 Å². The van der Waals surface area contributed by atoms with Crippen molar-refractivity contribution in [2.45, 2.75) is 33.6 Å². The summed E-state index contributed by atoms with van der Waals surface area (Å²) in [5.74, 6) is -0.391. The molecular weight excluding hydrogens is 398 g/mol. The maximum atomic E-state index is 13.2. The molecule has 5 heteroatoms. The van der Waals surface area contributed by atoms with E-state index in [2.05, 4.69) is 30.4 Å². The SMILES string of the molecule is CCc1ccc(C2=Nc3ccccc3N(CC(=O)Nc3cc(C)cc(C)c3)C(=O)C2)cc1. The van der Waals surface area contributed by atoms with Crippen LogP contribution in [0.5, 0.6) is 0 Å². The van der Waals surface area contributed by atoms with Crippen molar-refractivity contribution in [1.29, 1.82) is 0 Å². The predicted molar refractivity (Wildman–Crippen MR) is 130 cm³/mol. The van der Waals surface area contributed by atoms with Crippen molar-refractivity contribution in [3.05, 3.63) is 89.0 Å². The lowest BCUT2D eigenvalue weighted by molar-refractivity contribution is -0.120. The van der Waals surface area contributed by atoms with E-state index in [9.17, 15) is 9.59 Å². The van der Waals surface area contributed by atoms with Crippen molar-refractivity contribution in [3.63, 3.8) is 0 Å². The van der Waals surface area contributed by atoms with Gasteiger partial charge in [-0.05, 0) is 66.8 Å². The number of hydrogen-bond acceptors (Lipinski definition) is 3. The van der Waals surface area contributed by atoms with Gasteiger partial charge in [-0.2, -0.15) is 0 Å². The van der Waals surface area contributed by atoms with Gasteiger partial charge in [-0.1, -0.05) is 49.4 Å². The summed E-state index contributed by atoms with van der Waals surface area (Å²) in [5.41, 5.74) is 7.08. The van der Waals surface area contributed by atoms with E-state index in [-0.39, 0.29) is 24.8 Å². The number of nitrogens with zero attached hydrogens (tertiary/aromatic N) is 2. The van der Waals surface area contributed by atoms with E-state index in [1.807, 2.05) is 62.4 Å². The number of anilines is 2. The molecule has 1 aliphatic rings. The highest BCUT2D eigenvalue weighted by atomic mass is 16.2. The molecule has 3 aromatic carbocycles. The van der Waals surface area contributed by atoms with E-state index in [1.54, 1.807) is 0 Å². The van der Waals surface area contributed by atoms with Gasteiger partial charge in [-0.3, -0.25) is 14.6 Å². The second-order valence-corrected chi connectivity index (χ2v) is 8.18. The van der Waals surface area contributed by atoms with E-state index in [4.69, 9.17) is 4.99 Å². The summed E-state index contributed by atoms with van der Waals surface area (Å²) in [6.07, 6.45) is 1.09. The summed E-state index contributed by atoms with van der Waals surface area (Å²) in [6, 6.07) is 21.5. The number of amides is 2. The molecule has 0 saturated heterocycles. The second-order valence-electron chi connectivity index (χ2n) is 8.18. The standard InChI is InChI=1S/C27H27N3O2/c1-4-20-9-11-21(12-10-20)24-16-27(32)30(25-8-6-5-7-23(25)29-24)17-26(31)28-22-14-18(2)13-19(3)15-22/h5-15H,4,16-17H2,1-3H3,(H,28,31). The molecule has 5 nitrogen and oxygen atoms in total. The van der Waals surface area contributed by atoms with Gasteiger partial charge in [-0.15, -0.1) is 0 Å². The third-order valence-electron chi connectivity index (χ3n) is 5.55. The van der Waals surface area contributed by atoms with E-state index in [0.717, 1.165) is 28.8 Å². The number of hydrogen-bond donors (Lipinski definition) is 1. The topological polar surface area (TPSA) is 61.8 Å². The third kappa shape index (κ3) is 4.78. The second kappa shape index (κ2) is 9.18. The number of carbonyl (C=O) groups excluding carboxylic acids is 2. The molecule has 0 atom stereocenters. The molecule has 32 heavy (non-hydrogen) atoms. The molecule has 0 aliphatic carbocycles. The Bertz CT molecular complexity index is 1180. The van der Waals surface area contributed by atoms with Crippen molar-refractivity contribution in [3.8, 4) is 0 Å². The summed E-state index contributed by atoms with van der Waals surface area (Å²) in [6.45, 7) is 6.02. The third-order valence-corrected chi connectivity index (χ3v) is 5.55. The predicted octanol–water partition coefficient (Wildman–Crippen LogP) is 5.36. The summed E-state index contributed by atoms with van der Waals surface area (Å²) >= 11 is 0. The Morgan fingerprint density at radius 2 is 1.69 bits per heavy atom. The smallest absolute Gasteiger partial charge is 0.244 e. The highest BCUT2D eigenvalue weighted by Crippen LogP contribution is 2.33. The minimum atomic E-state index is -0.242. The first kappa shape index (κ1) is 21.5. The molecule has 0 unspecified atom stereocenters. The molecule has 0 fully saturated rings. The number of carbonyl (C=O) groups is 2. The van der Waals surface area contributed by atoms with Crippen molar-refractivity contribution >= 4 is 34.6 Å². The Labute approximate surface area is 188 Å². The molecule has 0 radical (unpaired) electrons. The molecule has 0 saturated carbocycles. The van der Waals surface area contributed by atoms with E-state index >= 15 is 0 Å². The Morgan fingerprint density at radius 1 is 1.00 bits per heavy atom. The Hall–Kier alpha value is -3.73. The Kier molecular flexibility index (Phi) is 6.17. The monoisotopic (exact) mass is 425 g/mol. The van der Waals surface area contributed by atoms with Gasteiger partial charge in [0.1, 0.15) is 6.54 Å². The highest BCUT2D eigenvalue weighted by Gasteiger charge is 2.26. The first-order valence-electron chi connectivity index (χ1n) is 10.9. The fourth-order valence-corrected chi connectivity index (χ4v) is 4.01. The number of nitrogens with one attached hydrogen (secondary N) is 1. The molecular formula is C27H27N3O2. The highest BCUT2D eigenvalue weighted by molar-refractivity contribution is 6.19. The van der Waals surface area contributed by atoms with Gasteiger partial charge >= 0.3 is 0 Å². The number of rotatable bonds is 5. The van der Waals surface area contributed by atoms with E-state index in [0.29, 0.717) is 17.1 Å². The van der Waals surface area contributed by atoms with Crippen molar-refractivity contribution in [2.24, 2.45) is 4.99 Å². The van der Waals surface area contributed by atoms with Gasteiger partial charge in [0.2, 0.25) is 11.8 Å². The minimum Gasteiger partial charge on any atom is -0.325 e. The van der Waals surface area contributed by atoms with Crippen LogP contribution in [0.25, 0.3) is 0 Å². The molecule has 162 valence electrons. The molecule has 1 heterocycles. The Balaban J connectivity index is 1.59. The molecule has 3 aromatic rings. The Morgan fingerprint density at radius 3 is 2.38 bits per heavy atom. The molecule has 1 N–H and O–H groups in total. The zero-order chi connectivity index (χ0) is 22.7. The van der Waals surface area contributed by atoms with Crippen LogP contribution < -0.4 is 10.2 Å². The normalized spacial score (nSPS) is 13.3. The first-order chi connectivity index (χ1) is 15.4. The largest absolute Gasteiger partial charge is 0.325 e. The molecule has 0 aromatic heterocycles. The number of aliphatic imine (C=N–C) groups is 1. The van der Waals surface area contributed by atoms with Gasteiger partial charge in [0, 0.05) is 5.69 Å². The van der Waals surface area contributed by atoms with Crippen LogP contribution in [0, 0.1) is 13.8 Å². The lowest BCUT2D eigenvalue weighted by atomic mass is 10.0. The van der Waals surface area contributed by atoms with Crippen LogP contribution in [-0.2, 0) is 16.0 Å².